The van der Waals surface area contributed by atoms with Crippen LogP contribution in [0.5, 0.6) is 11.5 Å². The number of benzene rings is 3. The average Bonchev–Trinajstić information content (AvgIpc) is 2.93. The molecule has 0 aliphatic rings. The fourth-order valence-electron chi connectivity index (χ4n) is 3.46. The van der Waals surface area contributed by atoms with Gasteiger partial charge in [0.25, 0.3) is 0 Å². The van der Waals surface area contributed by atoms with Gasteiger partial charge in [-0.15, -0.1) is 0 Å². The molecular weight excluding hydrogens is 545 g/mol. The fourth-order valence-corrected chi connectivity index (χ4v) is 3.96. The quantitative estimate of drug-likeness (QED) is 0.178. The number of carbonyl (C=O) groups excluding carboxylic acids is 2. The number of rotatable bonds is 14. The van der Waals surface area contributed by atoms with Crippen LogP contribution >= 0.6 is 7.60 Å². The number of nitrogens with one attached hydrogen (secondary N) is 2. The number of ether oxygens (including phenoxy) is 2. The summed E-state index contributed by atoms with van der Waals surface area (Å²) in [4.78, 5) is 34.6. The van der Waals surface area contributed by atoms with E-state index in [1.54, 1.807) is 24.3 Å². The van der Waals surface area contributed by atoms with Gasteiger partial charge in [0.05, 0.1) is 6.61 Å². The minimum atomic E-state index is -5.12. The molecule has 1 unspecified atom stereocenters. The summed E-state index contributed by atoms with van der Waals surface area (Å²) in [5.74, 6) is 0.0146. The second-order valence-electron chi connectivity index (χ2n) is 8.85. The Hall–Kier alpha value is -3.95. The van der Waals surface area contributed by atoms with E-state index in [0.29, 0.717) is 18.6 Å². The standard InChI is InChI=1S/C28H31F2N2O7P/c1-20-8-12-23(13-9-20)37-17-5-16-31-26(33)25(32-28(34)38-19-22-6-3-2-4-7-22)18-21-10-14-24(15-11-21)39-40(35,36)27(29)30/h2-4,6-15,25,27H,5,16-19H2,1H3,(H,31,33)(H,32,34)(H,35,36)/t25-/m0/s1. The van der Waals surface area contributed by atoms with E-state index in [1.807, 2.05) is 37.3 Å². The van der Waals surface area contributed by atoms with Gasteiger partial charge >= 0.3 is 19.9 Å². The van der Waals surface area contributed by atoms with E-state index in [0.717, 1.165) is 16.9 Å². The summed E-state index contributed by atoms with van der Waals surface area (Å²) in [6, 6.07) is 20.9. The first-order valence-electron chi connectivity index (χ1n) is 12.5. The fraction of sp³-hybridized carbons (Fsp3) is 0.286. The lowest BCUT2D eigenvalue weighted by Crippen LogP contribution is -2.48. The molecular formula is C28H31F2N2O7P. The van der Waals surface area contributed by atoms with Crippen molar-refractivity contribution in [2.75, 3.05) is 13.2 Å². The zero-order valence-electron chi connectivity index (χ0n) is 21.8. The van der Waals surface area contributed by atoms with Gasteiger partial charge in [-0.25, -0.2) is 9.36 Å². The maximum absolute atomic E-state index is 13.0. The van der Waals surface area contributed by atoms with Gasteiger partial charge < -0.3 is 29.5 Å². The molecule has 12 heteroatoms. The van der Waals surface area contributed by atoms with E-state index in [4.69, 9.17) is 9.47 Å². The largest absolute Gasteiger partial charge is 0.494 e. The van der Waals surface area contributed by atoms with Crippen LogP contribution in [-0.4, -0.2) is 42.3 Å². The van der Waals surface area contributed by atoms with Gasteiger partial charge in [0.15, 0.2) is 0 Å². The van der Waals surface area contributed by atoms with E-state index in [-0.39, 0.29) is 25.3 Å². The number of alkyl halides is 2. The lowest BCUT2D eigenvalue weighted by Gasteiger charge is -2.19. The minimum absolute atomic E-state index is 0.00868. The van der Waals surface area contributed by atoms with Crippen molar-refractivity contribution in [2.45, 2.75) is 38.6 Å². The molecule has 0 saturated heterocycles. The van der Waals surface area contributed by atoms with Crippen LogP contribution < -0.4 is 19.9 Å². The van der Waals surface area contributed by atoms with Crippen molar-refractivity contribution < 1.29 is 41.8 Å². The Labute approximate surface area is 231 Å². The van der Waals surface area contributed by atoms with Gasteiger partial charge in [-0.3, -0.25) is 4.79 Å². The van der Waals surface area contributed by atoms with E-state index < -0.39 is 31.8 Å². The highest BCUT2D eigenvalue weighted by Gasteiger charge is 2.34. The van der Waals surface area contributed by atoms with Crippen LogP contribution in [-0.2, 0) is 27.1 Å². The molecule has 0 spiro atoms. The number of aryl methyl sites for hydroxylation is 1. The van der Waals surface area contributed by atoms with Crippen LogP contribution in [0, 0.1) is 6.92 Å². The molecule has 3 rings (SSSR count). The van der Waals surface area contributed by atoms with Gasteiger partial charge in [0, 0.05) is 13.0 Å². The molecule has 0 aliphatic carbocycles. The highest BCUT2D eigenvalue weighted by atomic mass is 31.2. The third-order valence-electron chi connectivity index (χ3n) is 5.58. The van der Waals surface area contributed by atoms with Gasteiger partial charge in [-0.1, -0.05) is 60.2 Å². The Morgan fingerprint density at radius 1 is 0.925 bits per heavy atom. The van der Waals surface area contributed by atoms with Crippen molar-refractivity contribution in [3.8, 4) is 11.5 Å². The van der Waals surface area contributed by atoms with Gasteiger partial charge in [0.1, 0.15) is 24.1 Å². The second-order valence-corrected chi connectivity index (χ2v) is 10.5. The number of hydrogen-bond donors (Lipinski definition) is 3. The van der Waals surface area contributed by atoms with Crippen LogP contribution in [0.15, 0.2) is 78.9 Å². The number of carbonyl (C=O) groups is 2. The first-order valence-corrected chi connectivity index (χ1v) is 14.1. The Kier molecular flexibility index (Phi) is 11.5. The van der Waals surface area contributed by atoms with Crippen molar-refractivity contribution in [3.63, 3.8) is 0 Å². The Morgan fingerprint density at radius 3 is 2.23 bits per heavy atom. The smallest absolute Gasteiger partial charge is 0.442 e. The zero-order chi connectivity index (χ0) is 29.0. The highest BCUT2D eigenvalue weighted by molar-refractivity contribution is 7.53. The third kappa shape index (κ3) is 10.3. The summed E-state index contributed by atoms with van der Waals surface area (Å²) in [6.07, 6.45) is -3.81. The summed E-state index contributed by atoms with van der Waals surface area (Å²) in [6.45, 7) is 2.64. The summed E-state index contributed by atoms with van der Waals surface area (Å²) in [7, 11) is -5.12. The van der Waals surface area contributed by atoms with Crippen molar-refractivity contribution in [2.24, 2.45) is 0 Å². The molecule has 0 fully saturated rings. The zero-order valence-corrected chi connectivity index (χ0v) is 22.7. The van der Waals surface area contributed by atoms with E-state index in [9.17, 15) is 27.8 Å². The minimum Gasteiger partial charge on any atom is -0.494 e. The molecule has 9 nitrogen and oxygen atoms in total. The number of alkyl carbamates (subject to hydrolysis) is 1. The van der Waals surface area contributed by atoms with Crippen molar-refractivity contribution in [1.29, 1.82) is 0 Å². The molecule has 0 heterocycles. The summed E-state index contributed by atoms with van der Waals surface area (Å²) >= 11 is 0. The predicted molar refractivity (Wildman–Crippen MR) is 144 cm³/mol. The molecule has 3 aromatic carbocycles. The number of halogens is 2. The Bertz CT molecular complexity index is 1280. The number of hydrogen-bond acceptors (Lipinski definition) is 6. The summed E-state index contributed by atoms with van der Waals surface area (Å²) in [5.41, 5.74) is 2.42. The summed E-state index contributed by atoms with van der Waals surface area (Å²) < 4.78 is 52.1. The third-order valence-corrected chi connectivity index (χ3v) is 6.54. The maximum atomic E-state index is 13.0. The van der Waals surface area contributed by atoms with E-state index in [2.05, 4.69) is 15.2 Å². The molecule has 0 bridgehead atoms. The summed E-state index contributed by atoms with van der Waals surface area (Å²) in [5, 5.41) is 5.32. The van der Waals surface area contributed by atoms with Crippen molar-refractivity contribution >= 4 is 19.6 Å². The molecule has 2 amide bonds. The van der Waals surface area contributed by atoms with Gasteiger partial charge in [-0.05, 0) is 48.7 Å². The average molecular weight is 577 g/mol. The molecule has 0 radical (unpaired) electrons. The first-order chi connectivity index (χ1) is 19.1. The van der Waals surface area contributed by atoms with Gasteiger partial charge in [-0.2, -0.15) is 8.78 Å². The molecule has 0 saturated carbocycles. The molecule has 0 aliphatic heterocycles. The highest BCUT2D eigenvalue weighted by Crippen LogP contribution is 2.48. The van der Waals surface area contributed by atoms with Crippen LogP contribution in [0.2, 0.25) is 0 Å². The van der Waals surface area contributed by atoms with Crippen LogP contribution in [0.3, 0.4) is 0 Å². The molecule has 214 valence electrons. The lowest BCUT2D eigenvalue weighted by molar-refractivity contribution is -0.123. The molecule has 0 aromatic heterocycles. The first kappa shape index (κ1) is 30.6. The Balaban J connectivity index is 1.57. The normalized spacial score (nSPS) is 13.1. The number of amides is 2. The predicted octanol–water partition coefficient (Wildman–Crippen LogP) is 5.20. The topological polar surface area (TPSA) is 123 Å². The van der Waals surface area contributed by atoms with Crippen LogP contribution in [0.25, 0.3) is 0 Å². The maximum Gasteiger partial charge on any atom is 0.442 e. The second kappa shape index (κ2) is 15.0. The molecule has 2 atom stereocenters. The lowest BCUT2D eigenvalue weighted by atomic mass is 10.1. The molecule has 40 heavy (non-hydrogen) atoms. The Morgan fingerprint density at radius 2 is 1.57 bits per heavy atom. The van der Waals surface area contributed by atoms with E-state index >= 15 is 0 Å². The molecule has 3 aromatic rings. The SMILES string of the molecule is Cc1ccc(OCCCNC(=O)[C@H](Cc2ccc(OP(=O)(O)C(F)F)cc2)NC(=O)OCc2ccccc2)cc1. The monoisotopic (exact) mass is 576 g/mol. The van der Waals surface area contributed by atoms with Crippen LogP contribution in [0.4, 0.5) is 13.6 Å². The van der Waals surface area contributed by atoms with E-state index in [1.165, 1.54) is 24.3 Å². The van der Waals surface area contributed by atoms with Crippen molar-refractivity contribution in [1.82, 2.24) is 10.6 Å². The van der Waals surface area contributed by atoms with Gasteiger partial charge in [0.2, 0.25) is 5.91 Å². The molecule has 3 N–H and O–H groups in total. The van der Waals surface area contributed by atoms with Crippen LogP contribution in [0.1, 0.15) is 23.1 Å². The van der Waals surface area contributed by atoms with Crippen molar-refractivity contribution in [3.05, 3.63) is 95.6 Å².